The van der Waals surface area contributed by atoms with E-state index in [4.69, 9.17) is 70.5 Å². The van der Waals surface area contributed by atoms with Crippen molar-refractivity contribution >= 4 is 10.1 Å². The maximum Gasteiger partial charge on any atom is 0.297 e. The van der Waals surface area contributed by atoms with Gasteiger partial charge in [-0.25, -0.2) is 0 Å². The first-order chi connectivity index (χ1) is 37.1. The highest BCUT2D eigenvalue weighted by Crippen LogP contribution is 2.39. The van der Waals surface area contributed by atoms with Crippen molar-refractivity contribution in [2.24, 2.45) is 0 Å². The van der Waals surface area contributed by atoms with Crippen LogP contribution in [-0.4, -0.2) is 323 Å². The molecule has 22 fully saturated rings. The molecule has 1 aromatic rings. The molecule has 0 saturated carbocycles. The molecule has 448 valence electrons. The Morgan fingerprint density at radius 2 is 0.628 bits per heavy atom. The predicted octanol–water partition coefficient (Wildman–Crippen LogP) is -10.0. The van der Waals surface area contributed by atoms with E-state index >= 15 is 0 Å². The quantitative estimate of drug-likeness (QED) is 0.0915. The molecule has 30 atom stereocenters. The second-order valence-corrected chi connectivity index (χ2v) is 21.3. The number of hydrogen-bond donors (Lipinski definition) is 15. The van der Waals surface area contributed by atoms with Crippen LogP contribution in [0.1, 0.15) is 5.56 Å². The zero-order chi connectivity index (χ0) is 56.7. The molecule has 15 N–H and O–H groups in total. The number of ether oxygens (including phenoxy) is 14. The summed E-state index contributed by atoms with van der Waals surface area (Å²) < 4.78 is 114. The number of methoxy groups -OCH3 is 2. The third-order valence-corrected chi connectivity index (χ3v) is 15.8. The molecule has 22 saturated heterocycles. The Hall–Kier alpha value is -2.03. The monoisotopic (exact) mass is 1150 g/mol. The van der Waals surface area contributed by atoms with Gasteiger partial charge in [-0.3, -0.25) is 4.18 Å². The van der Waals surface area contributed by atoms with Crippen LogP contribution in [0.15, 0.2) is 29.2 Å². The van der Waals surface area contributed by atoms with Crippen molar-refractivity contribution in [3.05, 3.63) is 29.8 Å². The van der Waals surface area contributed by atoms with E-state index in [1.54, 1.807) is 6.92 Å². The maximum atomic E-state index is 13.9. The van der Waals surface area contributed by atoms with Crippen LogP contribution >= 0.6 is 0 Å². The first-order valence-corrected chi connectivity index (χ1v) is 26.3. The first-order valence-electron chi connectivity index (χ1n) is 24.9. The van der Waals surface area contributed by atoms with Crippen LogP contribution in [0.5, 0.6) is 0 Å². The molecule has 1 aromatic carbocycles. The Morgan fingerprint density at radius 1 is 0.372 bits per heavy atom. The second-order valence-electron chi connectivity index (χ2n) is 19.7. The number of hydrogen-bond acceptors (Lipinski definition) is 32. The van der Waals surface area contributed by atoms with Crippen LogP contribution in [0.2, 0.25) is 0 Å². The average molecular weight is 1160 g/mol. The standard InChI is InChI=1S/C45H70O32S/c1-14-4-6-15(7-5-14)78(61,62)77-39-32(60)36-19(11-49)68-45(39)76-35-18(10-48)67-40(29(57)24(35)52)71-33-16(8-46)66-42(28(56)23(33)51)74-37-20(12-63-2)70-44(31(59)26(37)54)75-38-21(13-64-3)69-43(30(58)25(38)53)72-34-17(9-47)65-41(73-36)27(55)22(34)50/h4-7,16-60H,8-13H2,1-3H3/t16-,17-,18-,19-,20-,21-,22-,23-,24-,25-,26-,27-,28-,29-,30-,31-,32+,33-,34-,35-,36-,37-,38-,39-,40-,41-,42-,43-,44-,45-/m1/s1. The van der Waals surface area contributed by atoms with Crippen molar-refractivity contribution in [2.45, 2.75) is 196 Å². The summed E-state index contributed by atoms with van der Waals surface area (Å²) in [7, 11) is -2.51. The van der Waals surface area contributed by atoms with Gasteiger partial charge in [0, 0.05) is 14.2 Å². The first kappa shape index (κ1) is 62.0. The summed E-state index contributed by atoms with van der Waals surface area (Å²) in [5, 5.41) is 169. The van der Waals surface area contributed by atoms with Gasteiger partial charge in [-0.15, -0.1) is 0 Å². The van der Waals surface area contributed by atoms with Crippen molar-refractivity contribution in [3.8, 4) is 0 Å². The Balaban J connectivity index is 1.15. The van der Waals surface area contributed by atoms with Crippen molar-refractivity contribution < 1.29 is 156 Å². The van der Waals surface area contributed by atoms with E-state index < -0.39 is 239 Å². The lowest BCUT2D eigenvalue weighted by molar-refractivity contribution is -0.403. The van der Waals surface area contributed by atoms with Gasteiger partial charge in [-0.2, -0.15) is 8.42 Å². The normalized spacial score (nSPS) is 48.8. The molecular weight excluding hydrogens is 1080 g/mol. The number of benzene rings is 1. The van der Waals surface area contributed by atoms with E-state index in [0.717, 1.165) is 12.1 Å². The molecule has 23 rings (SSSR count). The lowest BCUT2D eigenvalue weighted by Crippen LogP contribution is -2.69. The molecule has 0 unspecified atom stereocenters. The fraction of sp³-hybridized carbons (Fsp3) is 0.867. The topological polar surface area (TPSA) is 476 Å². The SMILES string of the molecule is COC[C@H]1O[C@@H]2O[C@H]3[C@H](O)[C@@H](O)[C@@H](O[C@H]4[C@H](O)[C@@H](O)[C@@H](O[C@H]5[C@H](O)[C@@H](OS(=O)(=O)c6ccc(C)cc6)[C@@H](O[C@H]6[C@H](O)[C@@H](O)[C@@H](O[C@H]7[C@H](O)[C@@H](O)[C@@H](O[C@H]1[C@H](O)[C@H]2O)O[C@@H]7CO)O[C@@H]6CO)O[C@@H]5CO)O[C@@H]4CO)O[C@@H]3COC. The van der Waals surface area contributed by atoms with Crippen molar-refractivity contribution in [2.75, 3.05) is 53.9 Å². The Morgan fingerprint density at radius 3 is 0.923 bits per heavy atom. The molecule has 0 aromatic heterocycles. The summed E-state index contributed by atoms with van der Waals surface area (Å²) in [6.07, 6.45) is -59.3. The van der Waals surface area contributed by atoms with Crippen LogP contribution in [0.4, 0.5) is 0 Å². The van der Waals surface area contributed by atoms with Crippen molar-refractivity contribution in [1.82, 2.24) is 0 Å². The van der Waals surface area contributed by atoms with Crippen LogP contribution in [-0.2, 0) is 80.6 Å². The molecule has 12 bridgehead atoms. The molecule has 78 heavy (non-hydrogen) atoms. The highest BCUT2D eigenvalue weighted by Gasteiger charge is 2.59. The highest BCUT2D eigenvalue weighted by atomic mass is 32.2. The van der Waals surface area contributed by atoms with E-state index in [0.29, 0.717) is 5.56 Å². The van der Waals surface area contributed by atoms with E-state index in [1.165, 1.54) is 26.4 Å². The van der Waals surface area contributed by atoms with Crippen molar-refractivity contribution in [3.63, 3.8) is 0 Å². The van der Waals surface area contributed by atoms with Gasteiger partial charge in [0.05, 0.1) is 44.5 Å². The van der Waals surface area contributed by atoms with Gasteiger partial charge in [0.15, 0.2) is 43.8 Å². The van der Waals surface area contributed by atoms with Gasteiger partial charge in [0.25, 0.3) is 10.1 Å². The second kappa shape index (κ2) is 26.3. The molecule has 0 spiro atoms. The smallest absolute Gasteiger partial charge is 0.297 e. The van der Waals surface area contributed by atoms with Crippen LogP contribution < -0.4 is 0 Å². The maximum absolute atomic E-state index is 13.9. The number of rotatable bonds is 11. The molecule has 0 amide bonds. The van der Waals surface area contributed by atoms with Crippen LogP contribution in [0, 0.1) is 6.92 Å². The molecule has 0 aliphatic carbocycles. The van der Waals surface area contributed by atoms with E-state index in [-0.39, 0.29) is 0 Å². The number of aliphatic hydroxyl groups is 15. The minimum absolute atomic E-state index is 0.430. The zero-order valence-corrected chi connectivity index (χ0v) is 42.7. The lowest BCUT2D eigenvalue weighted by Gasteiger charge is -2.51. The fourth-order valence-electron chi connectivity index (χ4n) is 10.2. The fourth-order valence-corrected chi connectivity index (χ4v) is 11.3. The molecule has 22 aliphatic heterocycles. The Labute approximate surface area is 444 Å². The molecule has 22 heterocycles. The minimum atomic E-state index is -4.95. The predicted molar refractivity (Wildman–Crippen MR) is 243 cm³/mol. The summed E-state index contributed by atoms with van der Waals surface area (Å²) >= 11 is 0. The van der Waals surface area contributed by atoms with Crippen LogP contribution in [0.3, 0.4) is 0 Å². The molecule has 0 radical (unpaired) electrons. The lowest BCUT2D eigenvalue weighted by atomic mass is 9.94. The summed E-state index contributed by atoms with van der Waals surface area (Å²) in [5.74, 6) is 0. The summed E-state index contributed by atoms with van der Waals surface area (Å²) in [4.78, 5) is -0.457. The number of aliphatic hydroxyl groups excluding tert-OH is 15. The van der Waals surface area contributed by atoms with Crippen molar-refractivity contribution in [1.29, 1.82) is 0 Å². The molecular formula is C45H70O32S. The molecule has 33 heteroatoms. The van der Waals surface area contributed by atoms with Gasteiger partial charge in [0.1, 0.15) is 140 Å². The third kappa shape index (κ3) is 12.6. The Bertz CT molecular complexity index is 2150. The number of aryl methyl sites for hydroxylation is 1. The van der Waals surface area contributed by atoms with Gasteiger partial charge < -0.3 is 143 Å². The van der Waals surface area contributed by atoms with E-state index in [2.05, 4.69) is 0 Å². The largest absolute Gasteiger partial charge is 0.394 e. The summed E-state index contributed by atoms with van der Waals surface area (Å²) in [6.45, 7) is -3.44. The van der Waals surface area contributed by atoms with E-state index in [1.807, 2.05) is 0 Å². The van der Waals surface area contributed by atoms with E-state index in [9.17, 15) is 85.0 Å². The highest BCUT2D eigenvalue weighted by molar-refractivity contribution is 7.86. The van der Waals surface area contributed by atoms with Crippen LogP contribution in [0.25, 0.3) is 0 Å². The molecule has 32 nitrogen and oxygen atoms in total. The Kier molecular flexibility index (Phi) is 20.9. The van der Waals surface area contributed by atoms with Gasteiger partial charge in [-0.05, 0) is 19.1 Å². The summed E-state index contributed by atoms with van der Waals surface area (Å²) in [5.41, 5.74) is 0.636. The third-order valence-electron chi connectivity index (χ3n) is 14.5. The van der Waals surface area contributed by atoms with Gasteiger partial charge in [0.2, 0.25) is 0 Å². The van der Waals surface area contributed by atoms with Gasteiger partial charge in [-0.1, -0.05) is 17.7 Å². The molecule has 22 aliphatic rings. The minimum Gasteiger partial charge on any atom is -0.394 e. The summed E-state index contributed by atoms with van der Waals surface area (Å²) in [6, 6.07) is 5.16. The average Bonchev–Trinajstić information content (AvgIpc) is 3.49. The van der Waals surface area contributed by atoms with Gasteiger partial charge >= 0.3 is 0 Å². The zero-order valence-electron chi connectivity index (χ0n) is 41.9.